The van der Waals surface area contributed by atoms with E-state index in [1.54, 1.807) is 0 Å². The van der Waals surface area contributed by atoms with Crippen molar-refractivity contribution in [3.63, 3.8) is 0 Å². The lowest BCUT2D eigenvalue weighted by atomic mass is 10.0. The van der Waals surface area contributed by atoms with Crippen molar-refractivity contribution in [3.8, 4) is 5.75 Å². The molecule has 0 saturated heterocycles. The van der Waals surface area contributed by atoms with Gasteiger partial charge in [0.15, 0.2) is 0 Å². The lowest BCUT2D eigenvalue weighted by Gasteiger charge is -2.15. The van der Waals surface area contributed by atoms with Gasteiger partial charge in [0.25, 0.3) is 0 Å². The summed E-state index contributed by atoms with van der Waals surface area (Å²) in [5.74, 6) is 1.73. The van der Waals surface area contributed by atoms with Crippen LogP contribution in [-0.4, -0.2) is 19.2 Å². The molecule has 1 aromatic carbocycles. The van der Waals surface area contributed by atoms with Crippen molar-refractivity contribution in [2.75, 3.05) is 13.2 Å². The average Bonchev–Trinajstić information content (AvgIpc) is 2.34. The minimum Gasteiger partial charge on any atom is -0.492 e. The summed E-state index contributed by atoms with van der Waals surface area (Å²) >= 11 is 3.44. The van der Waals surface area contributed by atoms with E-state index in [0.717, 1.165) is 22.7 Å². The molecule has 108 valence electrons. The quantitative estimate of drug-likeness (QED) is 0.667. The van der Waals surface area contributed by atoms with Crippen LogP contribution in [0.3, 0.4) is 0 Å². The molecule has 1 rings (SSSR count). The number of rotatable bonds is 9. The van der Waals surface area contributed by atoms with Gasteiger partial charge in [0.1, 0.15) is 12.4 Å². The first-order chi connectivity index (χ1) is 9.08. The second-order valence-electron chi connectivity index (χ2n) is 5.49. The van der Waals surface area contributed by atoms with Crippen molar-refractivity contribution in [2.24, 2.45) is 5.92 Å². The summed E-state index contributed by atoms with van der Waals surface area (Å²) in [7, 11) is 0. The summed E-state index contributed by atoms with van der Waals surface area (Å²) in [6.45, 7) is 8.42. The molecule has 19 heavy (non-hydrogen) atoms. The standard InChI is InChI=1S/C16H26BrNO/c1-13(2)6-4-7-14(3)18-10-11-19-16-9-5-8-15(17)12-16/h5,8-9,12-14,18H,4,6-7,10-11H2,1-3H3. The molecule has 2 nitrogen and oxygen atoms in total. The summed E-state index contributed by atoms with van der Waals surface area (Å²) in [6.07, 6.45) is 3.87. The molecule has 0 radical (unpaired) electrons. The van der Waals surface area contributed by atoms with Crippen LogP contribution in [0.1, 0.15) is 40.0 Å². The second kappa shape index (κ2) is 9.38. The van der Waals surface area contributed by atoms with Crippen molar-refractivity contribution >= 4 is 15.9 Å². The summed E-state index contributed by atoms with van der Waals surface area (Å²) in [5.41, 5.74) is 0. The molecule has 1 N–H and O–H groups in total. The summed E-state index contributed by atoms with van der Waals surface area (Å²) in [4.78, 5) is 0. The highest BCUT2D eigenvalue weighted by Gasteiger charge is 2.02. The van der Waals surface area contributed by atoms with Gasteiger partial charge in [-0.25, -0.2) is 0 Å². The molecule has 0 heterocycles. The monoisotopic (exact) mass is 327 g/mol. The Morgan fingerprint density at radius 1 is 1.21 bits per heavy atom. The van der Waals surface area contributed by atoms with E-state index in [1.807, 2.05) is 24.3 Å². The molecule has 1 unspecified atom stereocenters. The third-order valence-corrected chi connectivity index (χ3v) is 3.57. The molecule has 0 spiro atoms. The molecular formula is C16H26BrNO. The van der Waals surface area contributed by atoms with E-state index >= 15 is 0 Å². The highest BCUT2D eigenvalue weighted by atomic mass is 79.9. The fraction of sp³-hybridized carbons (Fsp3) is 0.625. The molecule has 1 aromatic rings. The van der Waals surface area contributed by atoms with Crippen LogP contribution in [0.25, 0.3) is 0 Å². The normalized spacial score (nSPS) is 12.7. The van der Waals surface area contributed by atoms with Gasteiger partial charge in [-0.05, 0) is 37.5 Å². The minimum absolute atomic E-state index is 0.574. The van der Waals surface area contributed by atoms with E-state index in [4.69, 9.17) is 4.74 Å². The van der Waals surface area contributed by atoms with Gasteiger partial charge >= 0.3 is 0 Å². The van der Waals surface area contributed by atoms with E-state index < -0.39 is 0 Å². The molecule has 0 amide bonds. The van der Waals surface area contributed by atoms with Gasteiger partial charge in [-0.3, -0.25) is 0 Å². The molecule has 0 saturated carbocycles. The predicted octanol–water partition coefficient (Wildman–Crippen LogP) is 4.63. The molecular weight excluding hydrogens is 302 g/mol. The van der Waals surface area contributed by atoms with Crippen LogP contribution < -0.4 is 10.1 Å². The van der Waals surface area contributed by atoms with E-state index in [-0.39, 0.29) is 0 Å². The zero-order valence-electron chi connectivity index (χ0n) is 12.3. The lowest BCUT2D eigenvalue weighted by molar-refractivity contribution is 0.303. The van der Waals surface area contributed by atoms with Crippen LogP contribution in [0.15, 0.2) is 28.7 Å². The van der Waals surface area contributed by atoms with Gasteiger partial charge in [0.2, 0.25) is 0 Å². The Labute approximate surface area is 126 Å². The Morgan fingerprint density at radius 2 is 2.00 bits per heavy atom. The van der Waals surface area contributed by atoms with E-state index in [0.29, 0.717) is 12.6 Å². The van der Waals surface area contributed by atoms with Crippen molar-refractivity contribution in [1.82, 2.24) is 5.32 Å². The highest BCUT2D eigenvalue weighted by Crippen LogP contribution is 2.17. The Bertz CT molecular complexity index is 354. The van der Waals surface area contributed by atoms with Crippen LogP contribution in [0.5, 0.6) is 5.75 Å². The molecule has 0 aliphatic rings. The maximum atomic E-state index is 5.69. The molecule has 3 heteroatoms. The Balaban J connectivity index is 2.07. The van der Waals surface area contributed by atoms with Crippen molar-refractivity contribution in [2.45, 2.75) is 46.1 Å². The Hall–Kier alpha value is -0.540. The zero-order valence-corrected chi connectivity index (χ0v) is 13.9. The van der Waals surface area contributed by atoms with Gasteiger partial charge in [-0.2, -0.15) is 0 Å². The first kappa shape index (κ1) is 16.5. The van der Waals surface area contributed by atoms with Crippen LogP contribution >= 0.6 is 15.9 Å². The summed E-state index contributed by atoms with van der Waals surface area (Å²) < 4.78 is 6.74. The number of halogens is 1. The first-order valence-electron chi connectivity index (χ1n) is 7.19. The van der Waals surface area contributed by atoms with Crippen LogP contribution in [0, 0.1) is 5.92 Å². The fourth-order valence-electron chi connectivity index (χ4n) is 1.97. The smallest absolute Gasteiger partial charge is 0.120 e. The minimum atomic E-state index is 0.574. The van der Waals surface area contributed by atoms with Crippen LogP contribution in [0.4, 0.5) is 0 Å². The average molecular weight is 328 g/mol. The maximum absolute atomic E-state index is 5.69. The largest absolute Gasteiger partial charge is 0.492 e. The number of hydrogen-bond donors (Lipinski definition) is 1. The maximum Gasteiger partial charge on any atom is 0.120 e. The molecule has 0 aliphatic heterocycles. The SMILES string of the molecule is CC(C)CCCC(C)NCCOc1cccc(Br)c1. The second-order valence-corrected chi connectivity index (χ2v) is 6.40. The number of nitrogens with one attached hydrogen (secondary N) is 1. The number of hydrogen-bond acceptors (Lipinski definition) is 2. The van der Waals surface area contributed by atoms with E-state index in [1.165, 1.54) is 19.3 Å². The van der Waals surface area contributed by atoms with Gasteiger partial charge < -0.3 is 10.1 Å². The van der Waals surface area contributed by atoms with Crippen molar-refractivity contribution in [1.29, 1.82) is 0 Å². The fourth-order valence-corrected chi connectivity index (χ4v) is 2.34. The van der Waals surface area contributed by atoms with Gasteiger partial charge in [-0.15, -0.1) is 0 Å². The van der Waals surface area contributed by atoms with Crippen LogP contribution in [0.2, 0.25) is 0 Å². The first-order valence-corrected chi connectivity index (χ1v) is 7.99. The molecule has 0 fully saturated rings. The van der Waals surface area contributed by atoms with Crippen molar-refractivity contribution in [3.05, 3.63) is 28.7 Å². The third-order valence-electron chi connectivity index (χ3n) is 3.08. The van der Waals surface area contributed by atoms with Crippen LogP contribution in [-0.2, 0) is 0 Å². The van der Waals surface area contributed by atoms with E-state index in [9.17, 15) is 0 Å². The predicted molar refractivity (Wildman–Crippen MR) is 85.8 cm³/mol. The molecule has 0 aliphatic carbocycles. The third kappa shape index (κ3) is 8.27. The summed E-state index contributed by atoms with van der Waals surface area (Å²) in [6, 6.07) is 8.54. The number of ether oxygens (including phenoxy) is 1. The van der Waals surface area contributed by atoms with E-state index in [2.05, 4.69) is 42.0 Å². The summed E-state index contributed by atoms with van der Waals surface area (Å²) in [5, 5.41) is 3.50. The number of benzene rings is 1. The van der Waals surface area contributed by atoms with Gasteiger partial charge in [0.05, 0.1) is 0 Å². The van der Waals surface area contributed by atoms with Crippen molar-refractivity contribution < 1.29 is 4.74 Å². The Morgan fingerprint density at radius 3 is 2.68 bits per heavy atom. The molecule has 1 atom stereocenters. The molecule has 0 aromatic heterocycles. The highest BCUT2D eigenvalue weighted by molar-refractivity contribution is 9.10. The van der Waals surface area contributed by atoms with Gasteiger partial charge in [-0.1, -0.05) is 48.7 Å². The zero-order chi connectivity index (χ0) is 14.1. The Kier molecular flexibility index (Phi) is 8.15. The topological polar surface area (TPSA) is 21.3 Å². The molecule has 0 bridgehead atoms. The van der Waals surface area contributed by atoms with Gasteiger partial charge in [0, 0.05) is 17.1 Å². The lowest BCUT2D eigenvalue weighted by Crippen LogP contribution is -2.30.